The number of nitrogens with one attached hydrogen (secondary N) is 1. The molecule has 1 aromatic heterocycles. The maximum absolute atomic E-state index is 12.5. The molecule has 3 N–H and O–H groups in total. The Balaban J connectivity index is 1.85. The Kier molecular flexibility index (Phi) is 4.93. The number of carbonyl (C=O) groups excluding carboxylic acids is 1. The number of nitrogens with two attached hydrogens (primary N) is 1. The third-order valence-electron chi connectivity index (χ3n) is 3.57. The van der Waals surface area contributed by atoms with Crippen LogP contribution in [0.25, 0.3) is 0 Å². The Bertz CT molecular complexity index is 965. The number of aromatic nitrogens is 2. The van der Waals surface area contributed by atoms with Crippen molar-refractivity contribution >= 4 is 23.2 Å². The standard InChI is InChI=1S/C18H17N5O3/c1-11-6-5-7-12(10-11)20-16(19)15-17(23-26-22-15)21-18(24)13-8-3-4-9-14(13)25-2/h3-10H,1-2H3,(H2,19,20)(H,21,23,24). The summed E-state index contributed by atoms with van der Waals surface area (Å²) in [6.07, 6.45) is 0. The smallest absolute Gasteiger partial charge is 0.260 e. The number of amides is 1. The van der Waals surface area contributed by atoms with Gasteiger partial charge in [0, 0.05) is 0 Å². The van der Waals surface area contributed by atoms with Gasteiger partial charge in [0.1, 0.15) is 5.75 Å². The Labute approximate surface area is 149 Å². The molecule has 1 heterocycles. The highest BCUT2D eigenvalue weighted by atomic mass is 16.6. The number of para-hydroxylation sites is 1. The van der Waals surface area contributed by atoms with E-state index in [2.05, 4.69) is 20.6 Å². The summed E-state index contributed by atoms with van der Waals surface area (Å²) in [5.41, 5.74) is 8.20. The molecule has 0 unspecified atom stereocenters. The Morgan fingerprint density at radius 1 is 1.19 bits per heavy atom. The van der Waals surface area contributed by atoms with Crippen molar-refractivity contribution in [3.8, 4) is 5.75 Å². The van der Waals surface area contributed by atoms with Gasteiger partial charge in [-0.15, -0.1) is 0 Å². The molecule has 8 nitrogen and oxygen atoms in total. The van der Waals surface area contributed by atoms with E-state index in [4.69, 9.17) is 15.1 Å². The van der Waals surface area contributed by atoms with E-state index >= 15 is 0 Å². The van der Waals surface area contributed by atoms with Crippen molar-refractivity contribution in [3.63, 3.8) is 0 Å². The van der Waals surface area contributed by atoms with Crippen molar-refractivity contribution < 1.29 is 14.2 Å². The van der Waals surface area contributed by atoms with Gasteiger partial charge in [-0.25, -0.2) is 9.62 Å². The van der Waals surface area contributed by atoms with Gasteiger partial charge in [-0.1, -0.05) is 24.3 Å². The fourth-order valence-corrected chi connectivity index (χ4v) is 2.34. The number of benzene rings is 2. The number of anilines is 1. The number of aliphatic imine (C=N–C) groups is 1. The number of ether oxygens (including phenoxy) is 1. The summed E-state index contributed by atoms with van der Waals surface area (Å²) in [4.78, 5) is 16.8. The molecule has 1 amide bonds. The fourth-order valence-electron chi connectivity index (χ4n) is 2.34. The van der Waals surface area contributed by atoms with E-state index in [0.29, 0.717) is 17.0 Å². The van der Waals surface area contributed by atoms with Gasteiger partial charge in [0.25, 0.3) is 5.91 Å². The molecule has 3 aromatic rings. The van der Waals surface area contributed by atoms with Crippen LogP contribution in [-0.2, 0) is 0 Å². The second-order valence-corrected chi connectivity index (χ2v) is 5.45. The van der Waals surface area contributed by atoms with Crippen molar-refractivity contribution in [2.45, 2.75) is 6.92 Å². The summed E-state index contributed by atoms with van der Waals surface area (Å²) in [7, 11) is 1.49. The van der Waals surface area contributed by atoms with Crippen LogP contribution in [-0.4, -0.2) is 29.2 Å². The third-order valence-corrected chi connectivity index (χ3v) is 3.57. The topological polar surface area (TPSA) is 116 Å². The van der Waals surface area contributed by atoms with Crippen molar-refractivity contribution in [1.29, 1.82) is 0 Å². The lowest BCUT2D eigenvalue weighted by Gasteiger charge is -2.07. The molecule has 0 fully saturated rings. The summed E-state index contributed by atoms with van der Waals surface area (Å²) in [6, 6.07) is 14.3. The minimum atomic E-state index is -0.428. The van der Waals surface area contributed by atoms with Gasteiger partial charge >= 0.3 is 0 Å². The Morgan fingerprint density at radius 3 is 2.77 bits per heavy atom. The second kappa shape index (κ2) is 7.47. The number of methoxy groups -OCH3 is 1. The van der Waals surface area contributed by atoms with Gasteiger partial charge in [-0.3, -0.25) is 4.79 Å². The third kappa shape index (κ3) is 3.69. The minimum Gasteiger partial charge on any atom is -0.496 e. The molecule has 8 heteroatoms. The molecule has 26 heavy (non-hydrogen) atoms. The Hall–Kier alpha value is -3.68. The van der Waals surface area contributed by atoms with Crippen molar-refractivity contribution in [2.24, 2.45) is 10.7 Å². The van der Waals surface area contributed by atoms with Gasteiger partial charge in [-0.05, 0) is 47.1 Å². The van der Waals surface area contributed by atoms with E-state index in [1.807, 2.05) is 25.1 Å². The molecule has 0 saturated heterocycles. The molecular formula is C18H17N5O3. The van der Waals surface area contributed by atoms with Crippen molar-refractivity contribution in [3.05, 3.63) is 65.4 Å². The normalized spacial score (nSPS) is 11.2. The fraction of sp³-hybridized carbons (Fsp3) is 0.111. The maximum Gasteiger partial charge on any atom is 0.260 e. The highest BCUT2D eigenvalue weighted by Crippen LogP contribution is 2.20. The molecule has 0 atom stereocenters. The van der Waals surface area contributed by atoms with Crippen LogP contribution in [0, 0.1) is 6.92 Å². The van der Waals surface area contributed by atoms with E-state index in [1.165, 1.54) is 7.11 Å². The van der Waals surface area contributed by atoms with Crippen LogP contribution in [0.3, 0.4) is 0 Å². The van der Waals surface area contributed by atoms with E-state index in [-0.39, 0.29) is 17.3 Å². The van der Waals surface area contributed by atoms with Crippen LogP contribution in [0.15, 0.2) is 58.2 Å². The number of hydrogen-bond donors (Lipinski definition) is 2. The molecule has 0 saturated carbocycles. The van der Waals surface area contributed by atoms with Gasteiger partial charge in [-0.2, -0.15) is 0 Å². The summed E-state index contributed by atoms with van der Waals surface area (Å²) in [5, 5.41) is 10.0. The predicted octanol–water partition coefficient (Wildman–Crippen LogP) is 2.68. The van der Waals surface area contributed by atoms with E-state index < -0.39 is 5.91 Å². The van der Waals surface area contributed by atoms with Gasteiger partial charge < -0.3 is 15.8 Å². The first-order chi connectivity index (χ1) is 12.6. The van der Waals surface area contributed by atoms with Crippen molar-refractivity contribution in [2.75, 3.05) is 12.4 Å². The highest BCUT2D eigenvalue weighted by Gasteiger charge is 2.19. The average molecular weight is 351 g/mol. The molecule has 2 aromatic carbocycles. The first-order valence-corrected chi connectivity index (χ1v) is 7.76. The number of nitrogens with zero attached hydrogens (tertiary/aromatic N) is 3. The van der Waals surface area contributed by atoms with E-state index in [1.54, 1.807) is 30.3 Å². The number of hydrogen-bond acceptors (Lipinski definition) is 6. The van der Waals surface area contributed by atoms with Crippen LogP contribution in [0.4, 0.5) is 11.5 Å². The minimum absolute atomic E-state index is 0.0761. The largest absolute Gasteiger partial charge is 0.496 e. The monoisotopic (exact) mass is 351 g/mol. The van der Waals surface area contributed by atoms with Crippen LogP contribution in [0.2, 0.25) is 0 Å². The molecule has 0 aliphatic carbocycles. The number of carbonyl (C=O) groups is 1. The molecule has 0 aliphatic heterocycles. The lowest BCUT2D eigenvalue weighted by Crippen LogP contribution is -2.19. The van der Waals surface area contributed by atoms with Gasteiger partial charge in [0.15, 0.2) is 11.5 Å². The summed E-state index contributed by atoms with van der Waals surface area (Å²) < 4.78 is 9.90. The molecule has 0 spiro atoms. The first kappa shape index (κ1) is 17.2. The zero-order chi connectivity index (χ0) is 18.5. The zero-order valence-corrected chi connectivity index (χ0v) is 14.3. The Morgan fingerprint density at radius 2 is 2.00 bits per heavy atom. The van der Waals surface area contributed by atoms with E-state index in [0.717, 1.165) is 5.56 Å². The summed E-state index contributed by atoms with van der Waals surface area (Å²) in [5.74, 6) is 0.161. The highest BCUT2D eigenvalue weighted by molar-refractivity contribution is 6.09. The molecule has 0 bridgehead atoms. The van der Waals surface area contributed by atoms with Crippen LogP contribution < -0.4 is 15.8 Å². The van der Waals surface area contributed by atoms with Crippen LogP contribution >= 0.6 is 0 Å². The first-order valence-electron chi connectivity index (χ1n) is 7.76. The molecular weight excluding hydrogens is 334 g/mol. The zero-order valence-electron chi connectivity index (χ0n) is 14.3. The van der Waals surface area contributed by atoms with Crippen molar-refractivity contribution in [1.82, 2.24) is 10.3 Å². The van der Waals surface area contributed by atoms with Gasteiger partial charge in [0.2, 0.25) is 5.82 Å². The predicted molar refractivity (Wildman–Crippen MR) is 96.8 cm³/mol. The molecule has 3 rings (SSSR count). The lowest BCUT2D eigenvalue weighted by atomic mass is 10.2. The maximum atomic E-state index is 12.5. The van der Waals surface area contributed by atoms with Crippen LogP contribution in [0.1, 0.15) is 21.6 Å². The lowest BCUT2D eigenvalue weighted by molar-refractivity contribution is 0.102. The van der Waals surface area contributed by atoms with E-state index in [9.17, 15) is 4.79 Å². The van der Waals surface area contributed by atoms with Crippen LogP contribution in [0.5, 0.6) is 5.75 Å². The van der Waals surface area contributed by atoms with Gasteiger partial charge in [0.05, 0.1) is 18.4 Å². The number of amidine groups is 1. The quantitative estimate of drug-likeness (QED) is 0.539. The summed E-state index contributed by atoms with van der Waals surface area (Å²) >= 11 is 0. The second-order valence-electron chi connectivity index (χ2n) is 5.45. The number of aryl methyl sites for hydroxylation is 1. The summed E-state index contributed by atoms with van der Waals surface area (Å²) in [6.45, 7) is 1.95. The SMILES string of the molecule is COc1ccccc1C(=O)Nc1nonc1C(N)=Nc1cccc(C)c1. The average Bonchev–Trinajstić information content (AvgIpc) is 3.10. The molecule has 0 radical (unpaired) electrons. The molecule has 132 valence electrons. The molecule has 0 aliphatic rings. The number of rotatable bonds is 5.